The highest BCUT2D eigenvalue weighted by atomic mass is 16.5. The van der Waals surface area contributed by atoms with Crippen molar-refractivity contribution in [1.82, 2.24) is 14.8 Å². The number of pyridine rings is 1. The van der Waals surface area contributed by atoms with Gasteiger partial charge in [0.1, 0.15) is 12.4 Å². The molecule has 0 radical (unpaired) electrons. The Hall–Kier alpha value is -1.88. The second-order valence-corrected chi connectivity index (χ2v) is 3.38. The minimum Gasteiger partial charge on any atom is -0.491 e. The molecule has 16 heavy (non-hydrogen) atoms. The number of ether oxygens (including phenoxy) is 1. The van der Waals surface area contributed by atoms with E-state index in [0.717, 1.165) is 5.56 Å². The molecule has 2 aromatic rings. The van der Waals surface area contributed by atoms with Crippen molar-refractivity contribution in [3.63, 3.8) is 0 Å². The van der Waals surface area contributed by atoms with E-state index in [4.69, 9.17) is 9.84 Å². The number of nitrogens with zero attached hydrogens (tertiary/aromatic N) is 3. The highest BCUT2D eigenvalue weighted by Crippen LogP contribution is 2.13. The molecule has 0 saturated carbocycles. The molecule has 0 aromatic carbocycles. The van der Waals surface area contributed by atoms with Crippen LogP contribution in [0.3, 0.4) is 0 Å². The average molecular weight is 219 g/mol. The maximum Gasteiger partial charge on any atom is 0.156 e. The lowest BCUT2D eigenvalue weighted by atomic mass is 10.4. The van der Waals surface area contributed by atoms with Crippen LogP contribution in [0.4, 0.5) is 0 Å². The fraction of sp³-hybridized carbons (Fsp3) is 0.273. The van der Waals surface area contributed by atoms with Crippen LogP contribution < -0.4 is 4.74 Å². The van der Waals surface area contributed by atoms with Gasteiger partial charge >= 0.3 is 0 Å². The molecule has 0 bridgehead atoms. The number of aryl methyl sites for hydroxylation is 1. The molecule has 0 amide bonds. The Morgan fingerprint density at radius 3 is 3.06 bits per heavy atom. The zero-order valence-corrected chi connectivity index (χ0v) is 9.00. The molecule has 0 aliphatic carbocycles. The van der Waals surface area contributed by atoms with Gasteiger partial charge in [0.25, 0.3) is 0 Å². The van der Waals surface area contributed by atoms with E-state index in [1.165, 1.54) is 0 Å². The highest BCUT2D eigenvalue weighted by Gasteiger charge is 2.01. The van der Waals surface area contributed by atoms with Crippen LogP contribution >= 0.6 is 0 Å². The fourth-order valence-corrected chi connectivity index (χ4v) is 1.32. The molecular weight excluding hydrogens is 206 g/mol. The average Bonchev–Trinajstić information content (AvgIpc) is 2.74. The highest BCUT2D eigenvalue weighted by molar-refractivity contribution is 5.31. The fourth-order valence-electron chi connectivity index (χ4n) is 1.32. The summed E-state index contributed by atoms with van der Waals surface area (Å²) in [5.74, 6) is 1.37. The van der Waals surface area contributed by atoms with Crippen molar-refractivity contribution in [1.29, 1.82) is 0 Å². The lowest BCUT2D eigenvalue weighted by Gasteiger charge is -2.05. The zero-order chi connectivity index (χ0) is 11.4. The number of aromatic nitrogens is 3. The molecule has 2 heterocycles. The molecule has 0 aliphatic rings. The van der Waals surface area contributed by atoms with Crippen molar-refractivity contribution in [3.8, 4) is 11.6 Å². The van der Waals surface area contributed by atoms with Gasteiger partial charge in [0.15, 0.2) is 5.82 Å². The molecule has 0 atom stereocenters. The van der Waals surface area contributed by atoms with Gasteiger partial charge in [0.05, 0.1) is 12.8 Å². The van der Waals surface area contributed by atoms with Gasteiger partial charge < -0.3 is 9.84 Å². The summed E-state index contributed by atoms with van der Waals surface area (Å²) >= 11 is 0. The van der Waals surface area contributed by atoms with Crippen LogP contribution in [0.2, 0.25) is 0 Å². The van der Waals surface area contributed by atoms with E-state index >= 15 is 0 Å². The molecule has 0 aliphatic heterocycles. The monoisotopic (exact) mass is 219 g/mol. The Morgan fingerprint density at radius 2 is 2.38 bits per heavy atom. The zero-order valence-electron chi connectivity index (χ0n) is 9.00. The van der Waals surface area contributed by atoms with Crippen molar-refractivity contribution < 1.29 is 9.84 Å². The Labute approximate surface area is 93.3 Å². The van der Waals surface area contributed by atoms with Gasteiger partial charge in [-0.25, -0.2) is 9.67 Å². The largest absolute Gasteiger partial charge is 0.491 e. The molecular formula is C11H13N3O2. The molecule has 1 N–H and O–H groups in total. The van der Waals surface area contributed by atoms with Gasteiger partial charge in [-0.1, -0.05) is 0 Å². The predicted molar refractivity (Wildman–Crippen MR) is 58.7 cm³/mol. The number of hydrogen-bond donors (Lipinski definition) is 1. The van der Waals surface area contributed by atoms with Gasteiger partial charge in [-0.05, 0) is 18.6 Å². The van der Waals surface area contributed by atoms with Crippen molar-refractivity contribution in [2.24, 2.45) is 0 Å². The molecule has 5 nitrogen and oxygen atoms in total. The second kappa shape index (κ2) is 4.76. The predicted octanol–water partition coefficient (Wildman–Crippen LogP) is 0.947. The van der Waals surface area contributed by atoms with Crippen molar-refractivity contribution >= 4 is 0 Å². The lowest BCUT2D eigenvalue weighted by Crippen LogP contribution is -2.03. The standard InChI is InChI=1S/C11H13N3O2/c1-9-7-13-14(8-9)11-6-10(2-3-12-11)16-5-4-15/h2-3,6-8,15H,4-5H2,1H3. The number of aliphatic hydroxyl groups excluding tert-OH is 1. The van der Waals surface area contributed by atoms with E-state index in [1.807, 2.05) is 13.1 Å². The Morgan fingerprint density at radius 1 is 1.50 bits per heavy atom. The molecule has 84 valence electrons. The summed E-state index contributed by atoms with van der Waals surface area (Å²) in [4.78, 5) is 4.19. The van der Waals surface area contributed by atoms with Crippen LogP contribution in [0.25, 0.3) is 5.82 Å². The maximum atomic E-state index is 8.66. The molecule has 0 fully saturated rings. The van der Waals surface area contributed by atoms with E-state index in [2.05, 4.69) is 10.1 Å². The van der Waals surface area contributed by atoms with Gasteiger partial charge in [-0.2, -0.15) is 5.10 Å². The third kappa shape index (κ3) is 2.38. The summed E-state index contributed by atoms with van der Waals surface area (Å²) in [6, 6.07) is 3.53. The normalized spacial score (nSPS) is 10.4. The minimum absolute atomic E-state index is 0.00145. The molecule has 0 unspecified atom stereocenters. The first-order valence-electron chi connectivity index (χ1n) is 5.01. The van der Waals surface area contributed by atoms with Crippen LogP contribution in [0.5, 0.6) is 5.75 Å². The first kappa shape index (κ1) is 10.6. The molecule has 0 spiro atoms. The SMILES string of the molecule is Cc1cnn(-c2cc(OCCO)ccn2)c1. The number of rotatable bonds is 4. The summed E-state index contributed by atoms with van der Waals surface area (Å²) in [5.41, 5.74) is 1.07. The van der Waals surface area contributed by atoms with Crippen LogP contribution in [-0.4, -0.2) is 33.1 Å². The van der Waals surface area contributed by atoms with E-state index in [0.29, 0.717) is 11.6 Å². The number of aliphatic hydroxyl groups is 1. The van der Waals surface area contributed by atoms with Crippen molar-refractivity contribution in [2.45, 2.75) is 6.92 Å². The summed E-state index contributed by atoms with van der Waals surface area (Å²) in [6.07, 6.45) is 5.31. The first-order chi connectivity index (χ1) is 7.79. The van der Waals surface area contributed by atoms with Crippen LogP contribution in [0.1, 0.15) is 5.56 Å². The maximum absolute atomic E-state index is 8.66. The van der Waals surface area contributed by atoms with Crippen molar-refractivity contribution in [2.75, 3.05) is 13.2 Å². The van der Waals surface area contributed by atoms with E-state index < -0.39 is 0 Å². The molecule has 5 heteroatoms. The molecule has 2 rings (SSSR count). The summed E-state index contributed by atoms with van der Waals surface area (Å²) in [5, 5.41) is 12.8. The second-order valence-electron chi connectivity index (χ2n) is 3.38. The van der Waals surface area contributed by atoms with Gasteiger partial charge in [-0.3, -0.25) is 0 Å². The van der Waals surface area contributed by atoms with E-state index in [9.17, 15) is 0 Å². The van der Waals surface area contributed by atoms with Gasteiger partial charge in [0.2, 0.25) is 0 Å². The Balaban J connectivity index is 2.22. The topological polar surface area (TPSA) is 60.2 Å². The van der Waals surface area contributed by atoms with Gasteiger partial charge in [0, 0.05) is 18.5 Å². The summed E-state index contributed by atoms with van der Waals surface area (Å²) in [6.45, 7) is 2.25. The summed E-state index contributed by atoms with van der Waals surface area (Å²) < 4.78 is 6.97. The third-order valence-corrected chi connectivity index (χ3v) is 2.02. The minimum atomic E-state index is -0.00145. The summed E-state index contributed by atoms with van der Waals surface area (Å²) in [7, 11) is 0. The number of hydrogen-bond acceptors (Lipinski definition) is 4. The van der Waals surface area contributed by atoms with Crippen molar-refractivity contribution in [3.05, 3.63) is 36.3 Å². The quantitative estimate of drug-likeness (QED) is 0.831. The van der Waals surface area contributed by atoms with Crippen LogP contribution in [0.15, 0.2) is 30.7 Å². The molecule has 0 saturated heterocycles. The van der Waals surface area contributed by atoms with Crippen LogP contribution in [-0.2, 0) is 0 Å². The molecule has 2 aromatic heterocycles. The third-order valence-electron chi connectivity index (χ3n) is 2.02. The Bertz CT molecular complexity index is 468. The van der Waals surface area contributed by atoms with E-state index in [1.54, 1.807) is 29.2 Å². The smallest absolute Gasteiger partial charge is 0.156 e. The first-order valence-corrected chi connectivity index (χ1v) is 5.01. The van der Waals surface area contributed by atoms with E-state index in [-0.39, 0.29) is 13.2 Å². The van der Waals surface area contributed by atoms with Gasteiger partial charge in [-0.15, -0.1) is 0 Å². The van der Waals surface area contributed by atoms with Crippen LogP contribution in [0, 0.1) is 6.92 Å². The lowest BCUT2D eigenvalue weighted by molar-refractivity contribution is 0.201. The Kier molecular flexibility index (Phi) is 3.16.